The first-order valence-corrected chi connectivity index (χ1v) is 6.76. The van der Waals surface area contributed by atoms with Gasteiger partial charge in [0.1, 0.15) is 0 Å². The Kier molecular flexibility index (Phi) is 4.03. The number of nitrogens with zero attached hydrogens (tertiary/aromatic N) is 1. The van der Waals surface area contributed by atoms with E-state index < -0.39 is 0 Å². The van der Waals surface area contributed by atoms with E-state index in [1.165, 1.54) is 25.7 Å². The summed E-state index contributed by atoms with van der Waals surface area (Å²) in [5.74, 6) is 0. The summed E-state index contributed by atoms with van der Waals surface area (Å²) in [4.78, 5) is 2.28. The molecule has 0 spiro atoms. The van der Waals surface area contributed by atoms with Gasteiger partial charge in [0, 0.05) is 12.6 Å². The molecule has 0 radical (unpaired) electrons. The van der Waals surface area contributed by atoms with E-state index in [1.54, 1.807) is 0 Å². The summed E-state index contributed by atoms with van der Waals surface area (Å²) < 4.78 is 5.61. The third kappa shape index (κ3) is 2.86. The molecule has 2 unspecified atom stereocenters. The van der Waals surface area contributed by atoms with E-state index >= 15 is 0 Å². The first-order valence-electron chi connectivity index (χ1n) is 6.35. The maximum absolute atomic E-state index is 5.61. The first-order chi connectivity index (χ1) is 7.66. The molecule has 2 atom stereocenters. The Morgan fingerprint density at radius 3 is 2.69 bits per heavy atom. The third-order valence-electron chi connectivity index (χ3n) is 3.55. The van der Waals surface area contributed by atoms with E-state index in [1.807, 2.05) is 0 Å². The highest BCUT2D eigenvalue weighted by Crippen LogP contribution is 2.19. The molecule has 4 heteroatoms. The number of hydrogen-bond donors (Lipinski definition) is 1. The van der Waals surface area contributed by atoms with Crippen LogP contribution in [0.25, 0.3) is 0 Å². The van der Waals surface area contributed by atoms with Crippen LogP contribution in [0.5, 0.6) is 0 Å². The van der Waals surface area contributed by atoms with Crippen molar-refractivity contribution in [3.8, 4) is 0 Å². The fourth-order valence-electron chi connectivity index (χ4n) is 2.51. The Bertz CT molecular complexity index is 253. The lowest BCUT2D eigenvalue weighted by Crippen LogP contribution is -2.54. The van der Waals surface area contributed by atoms with Crippen molar-refractivity contribution in [2.75, 3.05) is 13.2 Å². The van der Waals surface area contributed by atoms with E-state index in [-0.39, 0.29) is 0 Å². The van der Waals surface area contributed by atoms with Crippen LogP contribution in [0.15, 0.2) is 0 Å². The predicted octanol–water partition coefficient (Wildman–Crippen LogP) is 1.91. The zero-order chi connectivity index (χ0) is 11.5. The first kappa shape index (κ1) is 12.1. The minimum absolute atomic E-state index is 0.291. The lowest BCUT2D eigenvalue weighted by molar-refractivity contribution is -0.0227. The zero-order valence-corrected chi connectivity index (χ0v) is 11.1. The van der Waals surface area contributed by atoms with Gasteiger partial charge in [-0.05, 0) is 38.9 Å². The highest BCUT2D eigenvalue weighted by Gasteiger charge is 2.27. The molecule has 2 rings (SSSR count). The second-order valence-corrected chi connectivity index (χ2v) is 5.46. The van der Waals surface area contributed by atoms with Gasteiger partial charge in [-0.1, -0.05) is 12.8 Å². The molecule has 3 nitrogen and oxygen atoms in total. The van der Waals surface area contributed by atoms with Crippen LogP contribution in [0.2, 0.25) is 0 Å². The number of ether oxygens (including phenoxy) is 1. The summed E-state index contributed by atoms with van der Waals surface area (Å²) >= 11 is 5.50. The van der Waals surface area contributed by atoms with Gasteiger partial charge in [-0.2, -0.15) is 0 Å². The van der Waals surface area contributed by atoms with E-state index in [0.717, 1.165) is 18.3 Å². The molecule has 2 aliphatic rings. The lowest BCUT2D eigenvalue weighted by atomic mass is 10.2. The molecular formula is C12H22N2OS. The number of nitrogens with one attached hydrogen (secondary N) is 1. The summed E-state index contributed by atoms with van der Waals surface area (Å²) in [6.07, 6.45) is 5.52. The van der Waals surface area contributed by atoms with Crippen molar-refractivity contribution in [2.24, 2.45) is 0 Å². The number of thiocarbonyl (C=S) groups is 1. The van der Waals surface area contributed by atoms with Gasteiger partial charge < -0.3 is 15.0 Å². The van der Waals surface area contributed by atoms with Crippen LogP contribution in [-0.2, 0) is 4.74 Å². The minimum Gasteiger partial charge on any atom is -0.375 e. The quantitative estimate of drug-likeness (QED) is 0.710. The fourth-order valence-corrected chi connectivity index (χ4v) is 2.94. The standard InChI is InChI=1S/C12H22N2OS/c1-9-8-15-10(2)7-14(9)12(16)13-11-5-3-4-6-11/h9-11H,3-8H2,1-2H3,(H,13,16). The molecule has 0 aromatic carbocycles. The van der Waals surface area contributed by atoms with Crippen molar-refractivity contribution in [3.63, 3.8) is 0 Å². The monoisotopic (exact) mass is 242 g/mol. The zero-order valence-electron chi connectivity index (χ0n) is 10.2. The smallest absolute Gasteiger partial charge is 0.169 e. The molecule has 1 N–H and O–H groups in total. The largest absolute Gasteiger partial charge is 0.375 e. The summed E-state index contributed by atoms with van der Waals surface area (Å²) in [5.41, 5.74) is 0. The Balaban J connectivity index is 1.86. The molecule has 16 heavy (non-hydrogen) atoms. The van der Waals surface area contributed by atoms with Gasteiger partial charge in [-0.25, -0.2) is 0 Å². The fraction of sp³-hybridized carbons (Fsp3) is 0.917. The SMILES string of the molecule is CC1CN(C(=S)NC2CCCC2)C(C)CO1. The summed E-state index contributed by atoms with van der Waals surface area (Å²) in [7, 11) is 0. The van der Waals surface area contributed by atoms with Crippen LogP contribution < -0.4 is 5.32 Å². The Morgan fingerprint density at radius 2 is 2.00 bits per heavy atom. The molecular weight excluding hydrogens is 220 g/mol. The lowest BCUT2D eigenvalue weighted by Gasteiger charge is -2.39. The van der Waals surface area contributed by atoms with Crippen LogP contribution in [0.4, 0.5) is 0 Å². The molecule has 92 valence electrons. The van der Waals surface area contributed by atoms with Crippen LogP contribution in [0.3, 0.4) is 0 Å². The molecule has 0 bridgehead atoms. The van der Waals surface area contributed by atoms with Crippen molar-refractivity contribution in [2.45, 2.75) is 57.7 Å². The molecule has 1 aliphatic carbocycles. The molecule has 2 fully saturated rings. The van der Waals surface area contributed by atoms with Gasteiger partial charge in [0.2, 0.25) is 0 Å². The Labute approximate surface area is 104 Å². The molecule has 0 amide bonds. The van der Waals surface area contributed by atoms with Gasteiger partial charge in [0.05, 0.1) is 18.8 Å². The van der Waals surface area contributed by atoms with Crippen molar-refractivity contribution in [1.29, 1.82) is 0 Å². The maximum Gasteiger partial charge on any atom is 0.169 e. The average molecular weight is 242 g/mol. The average Bonchev–Trinajstić information content (AvgIpc) is 2.74. The highest BCUT2D eigenvalue weighted by molar-refractivity contribution is 7.80. The van der Waals surface area contributed by atoms with E-state index in [0.29, 0.717) is 18.2 Å². The van der Waals surface area contributed by atoms with E-state index in [4.69, 9.17) is 17.0 Å². The molecule has 0 aromatic heterocycles. The van der Waals surface area contributed by atoms with Crippen LogP contribution in [-0.4, -0.2) is 41.4 Å². The van der Waals surface area contributed by atoms with Crippen molar-refractivity contribution in [1.82, 2.24) is 10.2 Å². The van der Waals surface area contributed by atoms with Crippen molar-refractivity contribution < 1.29 is 4.74 Å². The topological polar surface area (TPSA) is 24.5 Å². The Hall–Kier alpha value is -0.350. The highest BCUT2D eigenvalue weighted by atomic mass is 32.1. The predicted molar refractivity (Wildman–Crippen MR) is 69.6 cm³/mol. The molecule has 1 aliphatic heterocycles. The van der Waals surface area contributed by atoms with Crippen LogP contribution in [0.1, 0.15) is 39.5 Å². The summed E-state index contributed by atoms with van der Waals surface area (Å²) in [6.45, 7) is 5.99. The van der Waals surface area contributed by atoms with Gasteiger partial charge in [-0.3, -0.25) is 0 Å². The van der Waals surface area contributed by atoms with Crippen molar-refractivity contribution in [3.05, 3.63) is 0 Å². The second kappa shape index (κ2) is 5.32. The van der Waals surface area contributed by atoms with Crippen LogP contribution >= 0.6 is 12.2 Å². The third-order valence-corrected chi connectivity index (χ3v) is 3.90. The maximum atomic E-state index is 5.61. The number of morpholine rings is 1. The van der Waals surface area contributed by atoms with E-state index in [9.17, 15) is 0 Å². The van der Waals surface area contributed by atoms with E-state index in [2.05, 4.69) is 24.1 Å². The van der Waals surface area contributed by atoms with Gasteiger partial charge in [0.25, 0.3) is 0 Å². The Morgan fingerprint density at radius 1 is 1.31 bits per heavy atom. The summed E-state index contributed by atoms with van der Waals surface area (Å²) in [6, 6.07) is 1.01. The minimum atomic E-state index is 0.291. The summed E-state index contributed by atoms with van der Waals surface area (Å²) in [5, 5.41) is 4.43. The van der Waals surface area contributed by atoms with Gasteiger partial charge >= 0.3 is 0 Å². The van der Waals surface area contributed by atoms with Gasteiger partial charge in [0.15, 0.2) is 5.11 Å². The molecule has 1 saturated carbocycles. The number of rotatable bonds is 1. The molecule has 0 aromatic rings. The van der Waals surface area contributed by atoms with Crippen molar-refractivity contribution >= 4 is 17.3 Å². The molecule has 1 heterocycles. The van der Waals surface area contributed by atoms with Crippen LogP contribution in [0, 0.1) is 0 Å². The van der Waals surface area contributed by atoms with Gasteiger partial charge in [-0.15, -0.1) is 0 Å². The second-order valence-electron chi connectivity index (χ2n) is 5.08. The number of hydrogen-bond acceptors (Lipinski definition) is 2. The normalized spacial score (nSPS) is 31.8. The molecule has 1 saturated heterocycles.